The molecule has 0 fully saturated rings. The number of aromatic hydroxyl groups is 1. The number of benzene rings is 2. The molecule has 0 saturated heterocycles. The summed E-state index contributed by atoms with van der Waals surface area (Å²) >= 11 is 0. The average molecular weight is 557 g/mol. The zero-order valence-electron chi connectivity index (χ0n) is 19.4. The molecule has 13 nitrogen and oxygen atoms in total. The number of aliphatic carboxylic acids is 4. The van der Waals surface area contributed by atoms with Crippen LogP contribution in [0.15, 0.2) is 36.4 Å². The summed E-state index contributed by atoms with van der Waals surface area (Å²) in [7, 11) is 0. The van der Waals surface area contributed by atoms with Crippen LogP contribution in [0.4, 0.5) is 0 Å². The third-order valence-electron chi connectivity index (χ3n) is 4.27. The molecule has 0 unspecified atom stereocenters. The maximum absolute atomic E-state index is 10.8. The Morgan fingerprint density at radius 2 is 1.17 bits per heavy atom. The smallest absolute Gasteiger partial charge is 0.549 e. The number of fused-ring (bicyclic) bond motifs is 1. The monoisotopic (exact) mass is 556 g/mol. The zero-order valence-corrected chi connectivity index (χ0v) is 24.7. The van der Waals surface area contributed by atoms with Crippen LogP contribution in [0.25, 0.3) is 10.8 Å². The molecule has 15 heteroatoms. The molecule has 0 spiro atoms. The van der Waals surface area contributed by atoms with Gasteiger partial charge in [-0.2, -0.15) is 0 Å². The quantitative estimate of drug-likeness (QED) is 0.207. The Labute approximate surface area is 277 Å². The summed E-state index contributed by atoms with van der Waals surface area (Å²) in [5.74, 6) is -7.14. The molecule has 0 aromatic heterocycles. The molecule has 3 N–H and O–H groups in total. The van der Waals surface area contributed by atoms with Crippen LogP contribution in [-0.4, -0.2) is 132 Å². The fraction of sp³-hybridized carbons (Fsp3) is 0.286. The molecule has 0 bridgehead atoms. The minimum atomic E-state index is -1.49. The minimum Gasteiger partial charge on any atom is -0.549 e. The van der Waals surface area contributed by atoms with Crippen molar-refractivity contribution in [2.75, 3.05) is 39.3 Å². The van der Waals surface area contributed by atoms with Gasteiger partial charge < -0.3 is 45.0 Å². The van der Waals surface area contributed by atoms with Crippen molar-refractivity contribution in [1.29, 1.82) is 0 Å². The van der Waals surface area contributed by atoms with Crippen molar-refractivity contribution < 1.29 is 106 Å². The summed E-state index contributed by atoms with van der Waals surface area (Å²) < 4.78 is 0. The maximum atomic E-state index is 10.8. The molecule has 184 valence electrons. The van der Waals surface area contributed by atoms with Crippen LogP contribution in [0.1, 0.15) is 10.4 Å². The van der Waals surface area contributed by atoms with Crippen LogP contribution in [0.5, 0.6) is 5.75 Å². The second-order valence-electron chi connectivity index (χ2n) is 6.92. The van der Waals surface area contributed by atoms with Gasteiger partial charge in [-0.25, -0.2) is 0 Å². The van der Waals surface area contributed by atoms with Crippen molar-refractivity contribution in [3.63, 3.8) is 0 Å². The minimum absolute atomic E-state index is 0. The van der Waals surface area contributed by atoms with E-state index in [-0.39, 0.29) is 114 Å². The van der Waals surface area contributed by atoms with Crippen LogP contribution in [0.3, 0.4) is 0 Å². The van der Waals surface area contributed by atoms with Crippen molar-refractivity contribution in [3.8, 4) is 5.75 Å². The average Bonchev–Trinajstić information content (AvgIpc) is 2.70. The number of rotatable bonds is 12. The van der Waals surface area contributed by atoms with Crippen molar-refractivity contribution in [2.24, 2.45) is 0 Å². The first-order valence-corrected chi connectivity index (χ1v) is 9.60. The normalized spacial score (nSPS) is 9.94. The van der Waals surface area contributed by atoms with E-state index < -0.39 is 56.0 Å². The van der Waals surface area contributed by atoms with Crippen molar-refractivity contribution in [2.45, 2.75) is 0 Å². The summed E-state index contributed by atoms with van der Waals surface area (Å²) in [4.78, 5) is 54.7. The van der Waals surface area contributed by atoms with E-state index in [0.29, 0.717) is 5.39 Å². The molecule has 0 aliphatic heterocycles. The van der Waals surface area contributed by atoms with Crippen LogP contribution in [-0.2, 0) is 19.2 Å². The Kier molecular flexibility index (Phi) is 19.3. The van der Waals surface area contributed by atoms with Gasteiger partial charge in [0.15, 0.2) is 0 Å². The Balaban J connectivity index is 0. The van der Waals surface area contributed by atoms with Gasteiger partial charge in [-0.1, -0.05) is 30.3 Å². The third-order valence-corrected chi connectivity index (χ3v) is 4.27. The molecule has 0 radical (unpaired) electrons. The Morgan fingerprint density at radius 3 is 1.56 bits per heavy atom. The number of nitrogens with zero attached hydrogens (tertiary/aromatic N) is 2. The molecule has 2 rings (SSSR count). The molecule has 0 heterocycles. The second kappa shape index (κ2) is 18.8. The van der Waals surface area contributed by atoms with E-state index >= 15 is 0 Å². The van der Waals surface area contributed by atoms with E-state index in [2.05, 4.69) is 0 Å². The largest absolute Gasteiger partial charge is 2.00 e. The van der Waals surface area contributed by atoms with E-state index in [4.69, 9.17) is 10.2 Å². The number of carboxylic acid groups (broad SMARTS) is 5. The molecule has 0 saturated carbocycles. The number of phenols is 1. The molecule has 2 aromatic carbocycles. The van der Waals surface area contributed by atoms with E-state index in [1.807, 2.05) is 0 Å². The van der Waals surface area contributed by atoms with Gasteiger partial charge in [-0.05, 0) is 16.8 Å². The molecule has 0 aliphatic carbocycles. The topological polar surface area (TPSA) is 222 Å². The van der Waals surface area contributed by atoms with Crippen molar-refractivity contribution in [3.05, 3.63) is 42.0 Å². The van der Waals surface area contributed by atoms with Crippen LogP contribution in [0.2, 0.25) is 0 Å². The van der Waals surface area contributed by atoms with Crippen molar-refractivity contribution >= 4 is 78.4 Å². The predicted molar refractivity (Wildman–Crippen MR) is 114 cm³/mol. The van der Waals surface area contributed by atoms with Crippen LogP contribution < -0.4 is 66.7 Å². The zero-order chi connectivity index (χ0) is 25.8. The predicted octanol–water partition coefficient (Wildman–Crippen LogP) is -7.21. The molecule has 0 aliphatic rings. The van der Waals surface area contributed by atoms with Gasteiger partial charge in [0.1, 0.15) is 5.75 Å². The first-order chi connectivity index (χ1) is 15.9. The van der Waals surface area contributed by atoms with Crippen LogP contribution in [0, 0.1) is 0 Å². The summed E-state index contributed by atoms with van der Waals surface area (Å²) in [5.41, 5.74) is -0.150. The van der Waals surface area contributed by atoms with Crippen LogP contribution >= 0.6 is 0 Å². The Hall–Kier alpha value is -1.33. The van der Waals surface area contributed by atoms with Crippen molar-refractivity contribution in [1.82, 2.24) is 9.80 Å². The van der Waals surface area contributed by atoms with Gasteiger partial charge in [0.25, 0.3) is 0 Å². The van der Waals surface area contributed by atoms with Gasteiger partial charge in [0.05, 0.1) is 31.0 Å². The molecule has 0 atom stereocenters. The number of hydrogen-bond donors (Lipinski definition) is 3. The Morgan fingerprint density at radius 1 is 0.722 bits per heavy atom. The summed E-state index contributed by atoms with van der Waals surface area (Å²) in [6.07, 6.45) is 0. The number of hydrogen-bond acceptors (Lipinski definition) is 11. The molecular weight excluding hydrogens is 535 g/mol. The van der Waals surface area contributed by atoms with Gasteiger partial charge in [0.2, 0.25) is 0 Å². The maximum Gasteiger partial charge on any atom is 2.00 e. The number of carboxylic acids is 5. The van der Waals surface area contributed by atoms with Gasteiger partial charge in [0, 0.05) is 31.7 Å². The standard InChI is InChI=1S/C11H8O3.C10H16N2O8.Ca.K/c12-9-6-5-7-3-1-2-4-8(7)10(9)11(13)14;13-7(14)3-11(4-8(15)16)1-2-12(5-9(17)18)6-10(19)20;;/h1-6,12H,(H,13,14);1-6H2,(H,13,14)(H,15,16)(H,17,18)(H,19,20);;/q;;+2;+1/p-3. The summed E-state index contributed by atoms with van der Waals surface area (Å²) in [5, 5.41) is 59.4. The first kappa shape index (κ1) is 36.8. The SMILES string of the molecule is O=C([O-])CN(CCN(CC(=O)[O-])CC(=O)O)CC(=O)O.O=C([O-])c1c(O)ccc2ccccc12.[Ca+2].[K+]. The molecular formula is C21H21CaKN2O11. The van der Waals surface area contributed by atoms with E-state index in [9.17, 15) is 44.4 Å². The number of carbonyl (C=O) groups is 5. The number of aromatic carboxylic acids is 1. The fourth-order valence-corrected chi connectivity index (χ4v) is 2.93. The van der Waals surface area contributed by atoms with Gasteiger partial charge in [-0.3, -0.25) is 19.4 Å². The summed E-state index contributed by atoms with van der Waals surface area (Å²) in [6, 6.07) is 9.96. The molecule has 36 heavy (non-hydrogen) atoms. The first-order valence-electron chi connectivity index (χ1n) is 9.60. The third kappa shape index (κ3) is 14.4. The van der Waals surface area contributed by atoms with Gasteiger partial charge >= 0.3 is 101 Å². The van der Waals surface area contributed by atoms with Gasteiger partial charge in [-0.15, -0.1) is 0 Å². The fourth-order valence-electron chi connectivity index (χ4n) is 2.93. The number of carbonyl (C=O) groups excluding carboxylic acids is 3. The second-order valence-corrected chi connectivity index (χ2v) is 6.92. The Bertz CT molecular complexity index is 999. The van der Waals surface area contributed by atoms with E-state index in [0.717, 1.165) is 15.2 Å². The van der Waals surface area contributed by atoms with E-state index in [1.165, 1.54) is 6.07 Å². The molecule has 2 aromatic rings. The van der Waals surface area contributed by atoms with E-state index in [1.54, 1.807) is 30.3 Å². The molecule has 0 amide bonds. The summed E-state index contributed by atoms with van der Waals surface area (Å²) in [6.45, 7) is -2.75.